The summed E-state index contributed by atoms with van der Waals surface area (Å²) in [5.74, 6) is 0.619. The van der Waals surface area contributed by atoms with Gasteiger partial charge in [-0.15, -0.1) is 10.2 Å². The van der Waals surface area contributed by atoms with Crippen molar-refractivity contribution in [2.45, 2.75) is 0 Å². The standard InChI is InChI=1S/C13H12N4O/c1-18-13-8-9(6-7-10(13)14)17-15-11-4-2-3-5-12(11)16-17/h2-8H,14H2,1H3. The van der Waals surface area contributed by atoms with Crippen LogP contribution >= 0.6 is 0 Å². The monoisotopic (exact) mass is 240 g/mol. The van der Waals surface area contributed by atoms with Gasteiger partial charge in [-0.1, -0.05) is 12.1 Å². The van der Waals surface area contributed by atoms with Gasteiger partial charge in [0.05, 0.1) is 18.5 Å². The third-order valence-electron chi connectivity index (χ3n) is 2.73. The van der Waals surface area contributed by atoms with Crippen molar-refractivity contribution in [3.8, 4) is 11.4 Å². The molecule has 5 nitrogen and oxygen atoms in total. The normalized spacial score (nSPS) is 10.7. The first kappa shape index (κ1) is 10.6. The molecule has 18 heavy (non-hydrogen) atoms. The lowest BCUT2D eigenvalue weighted by Crippen LogP contribution is -2.00. The van der Waals surface area contributed by atoms with Crippen LogP contribution in [0.2, 0.25) is 0 Å². The molecule has 0 spiro atoms. The third kappa shape index (κ3) is 1.66. The maximum Gasteiger partial charge on any atom is 0.143 e. The van der Waals surface area contributed by atoms with Crippen molar-refractivity contribution in [3.63, 3.8) is 0 Å². The Labute approximate surface area is 104 Å². The summed E-state index contributed by atoms with van der Waals surface area (Å²) in [7, 11) is 1.59. The van der Waals surface area contributed by atoms with Crippen LogP contribution in [0, 0.1) is 0 Å². The van der Waals surface area contributed by atoms with E-state index in [0.29, 0.717) is 11.4 Å². The van der Waals surface area contributed by atoms with Gasteiger partial charge in [-0.3, -0.25) is 0 Å². The van der Waals surface area contributed by atoms with Crippen LogP contribution in [0.5, 0.6) is 5.75 Å². The summed E-state index contributed by atoms with van der Waals surface area (Å²) < 4.78 is 5.19. The fourth-order valence-corrected chi connectivity index (χ4v) is 1.80. The number of anilines is 1. The van der Waals surface area contributed by atoms with Gasteiger partial charge in [0.2, 0.25) is 0 Å². The largest absolute Gasteiger partial charge is 0.495 e. The summed E-state index contributed by atoms with van der Waals surface area (Å²) >= 11 is 0. The van der Waals surface area contributed by atoms with Crippen molar-refractivity contribution in [2.24, 2.45) is 0 Å². The second-order valence-corrected chi connectivity index (χ2v) is 3.90. The number of nitrogen functional groups attached to an aromatic ring is 1. The molecule has 2 N–H and O–H groups in total. The van der Waals surface area contributed by atoms with E-state index >= 15 is 0 Å². The second-order valence-electron chi connectivity index (χ2n) is 3.90. The van der Waals surface area contributed by atoms with Crippen LogP contribution in [0.25, 0.3) is 16.7 Å². The van der Waals surface area contributed by atoms with Gasteiger partial charge in [-0.05, 0) is 24.3 Å². The van der Waals surface area contributed by atoms with Crippen LogP contribution in [-0.4, -0.2) is 22.1 Å². The van der Waals surface area contributed by atoms with Crippen molar-refractivity contribution >= 4 is 16.7 Å². The fraction of sp³-hybridized carbons (Fsp3) is 0.0769. The number of fused-ring (bicyclic) bond motifs is 1. The molecular formula is C13H12N4O. The van der Waals surface area contributed by atoms with Crippen LogP contribution in [-0.2, 0) is 0 Å². The van der Waals surface area contributed by atoms with E-state index in [9.17, 15) is 0 Å². The number of rotatable bonds is 2. The molecule has 1 aromatic heterocycles. The minimum Gasteiger partial charge on any atom is -0.495 e. The average Bonchev–Trinajstić information content (AvgIpc) is 2.83. The van der Waals surface area contributed by atoms with Gasteiger partial charge in [0.1, 0.15) is 16.8 Å². The molecule has 5 heteroatoms. The molecule has 0 unspecified atom stereocenters. The Kier molecular flexibility index (Phi) is 2.37. The van der Waals surface area contributed by atoms with E-state index in [2.05, 4.69) is 10.2 Å². The highest BCUT2D eigenvalue weighted by molar-refractivity contribution is 5.73. The first-order valence-electron chi connectivity index (χ1n) is 5.54. The fourth-order valence-electron chi connectivity index (χ4n) is 1.80. The Balaban J connectivity index is 2.13. The molecule has 90 valence electrons. The van der Waals surface area contributed by atoms with Gasteiger partial charge < -0.3 is 10.5 Å². The van der Waals surface area contributed by atoms with Crippen molar-refractivity contribution < 1.29 is 4.74 Å². The number of aromatic nitrogens is 3. The van der Waals surface area contributed by atoms with Gasteiger partial charge in [0.15, 0.2) is 0 Å². The predicted molar refractivity (Wildman–Crippen MR) is 69.8 cm³/mol. The van der Waals surface area contributed by atoms with E-state index in [1.807, 2.05) is 36.4 Å². The van der Waals surface area contributed by atoms with E-state index in [0.717, 1.165) is 16.7 Å². The molecule has 0 aliphatic rings. The number of nitrogens with two attached hydrogens (primary N) is 1. The van der Waals surface area contributed by atoms with Gasteiger partial charge in [-0.2, -0.15) is 4.80 Å². The summed E-state index contributed by atoms with van der Waals surface area (Å²) in [4.78, 5) is 1.58. The Morgan fingerprint density at radius 3 is 2.33 bits per heavy atom. The number of benzene rings is 2. The Hall–Kier alpha value is -2.56. The number of ether oxygens (including phenoxy) is 1. The van der Waals surface area contributed by atoms with Crippen LogP contribution in [0.15, 0.2) is 42.5 Å². The maximum absolute atomic E-state index is 5.78. The molecule has 0 fully saturated rings. The highest BCUT2D eigenvalue weighted by atomic mass is 16.5. The zero-order chi connectivity index (χ0) is 12.5. The van der Waals surface area contributed by atoms with Crippen LogP contribution in [0.1, 0.15) is 0 Å². The number of hydrogen-bond donors (Lipinski definition) is 1. The van der Waals surface area contributed by atoms with E-state index in [4.69, 9.17) is 10.5 Å². The Morgan fingerprint density at radius 2 is 1.72 bits per heavy atom. The van der Waals surface area contributed by atoms with Crippen molar-refractivity contribution in [3.05, 3.63) is 42.5 Å². The van der Waals surface area contributed by atoms with Gasteiger partial charge in [0, 0.05) is 6.07 Å². The zero-order valence-electron chi connectivity index (χ0n) is 9.87. The first-order valence-corrected chi connectivity index (χ1v) is 5.54. The van der Waals surface area contributed by atoms with Crippen molar-refractivity contribution in [1.29, 1.82) is 0 Å². The molecule has 2 aromatic carbocycles. The van der Waals surface area contributed by atoms with Crippen LogP contribution < -0.4 is 10.5 Å². The quantitative estimate of drug-likeness (QED) is 0.696. The molecule has 3 aromatic rings. The van der Waals surface area contributed by atoms with Gasteiger partial charge >= 0.3 is 0 Å². The number of hydrogen-bond acceptors (Lipinski definition) is 4. The zero-order valence-corrected chi connectivity index (χ0v) is 9.87. The molecule has 1 heterocycles. The molecule has 3 rings (SSSR count). The van der Waals surface area contributed by atoms with E-state index < -0.39 is 0 Å². The molecular weight excluding hydrogens is 228 g/mol. The number of nitrogens with zero attached hydrogens (tertiary/aromatic N) is 3. The molecule has 0 aliphatic carbocycles. The van der Waals surface area contributed by atoms with Gasteiger partial charge in [-0.25, -0.2) is 0 Å². The molecule has 0 saturated heterocycles. The number of methoxy groups -OCH3 is 1. The average molecular weight is 240 g/mol. The summed E-state index contributed by atoms with van der Waals surface area (Å²) in [6, 6.07) is 13.2. The topological polar surface area (TPSA) is 66.0 Å². The lowest BCUT2D eigenvalue weighted by molar-refractivity contribution is 0.416. The molecule has 0 aliphatic heterocycles. The minimum atomic E-state index is 0.595. The Morgan fingerprint density at radius 1 is 1.06 bits per heavy atom. The van der Waals surface area contributed by atoms with Crippen LogP contribution in [0.4, 0.5) is 5.69 Å². The van der Waals surface area contributed by atoms with Crippen molar-refractivity contribution in [1.82, 2.24) is 15.0 Å². The van der Waals surface area contributed by atoms with E-state index in [1.54, 1.807) is 18.0 Å². The van der Waals surface area contributed by atoms with Gasteiger partial charge in [0.25, 0.3) is 0 Å². The summed E-state index contributed by atoms with van der Waals surface area (Å²) in [6.07, 6.45) is 0. The van der Waals surface area contributed by atoms with E-state index in [-0.39, 0.29) is 0 Å². The third-order valence-corrected chi connectivity index (χ3v) is 2.73. The molecule has 0 atom stereocenters. The minimum absolute atomic E-state index is 0.595. The first-order chi connectivity index (χ1) is 8.78. The molecule has 0 bridgehead atoms. The van der Waals surface area contributed by atoms with E-state index in [1.165, 1.54) is 0 Å². The van der Waals surface area contributed by atoms with Crippen molar-refractivity contribution in [2.75, 3.05) is 12.8 Å². The molecule has 0 saturated carbocycles. The molecule has 0 amide bonds. The highest BCUT2D eigenvalue weighted by Gasteiger charge is 2.06. The summed E-state index contributed by atoms with van der Waals surface area (Å²) in [5, 5.41) is 8.79. The predicted octanol–water partition coefficient (Wildman–Crippen LogP) is 2.01. The Bertz CT molecular complexity index is 672. The lowest BCUT2D eigenvalue weighted by Gasteiger charge is -2.06. The van der Waals surface area contributed by atoms with Crippen LogP contribution in [0.3, 0.4) is 0 Å². The highest BCUT2D eigenvalue weighted by Crippen LogP contribution is 2.24. The maximum atomic E-state index is 5.78. The second kappa shape index (κ2) is 4.03. The smallest absolute Gasteiger partial charge is 0.143 e. The molecule has 0 radical (unpaired) electrons. The lowest BCUT2D eigenvalue weighted by atomic mass is 10.2. The SMILES string of the molecule is COc1cc(-n2nc3ccccc3n2)ccc1N. The summed E-state index contributed by atoms with van der Waals surface area (Å²) in [5.41, 5.74) is 8.90. The summed E-state index contributed by atoms with van der Waals surface area (Å²) in [6.45, 7) is 0.